The largest absolute Gasteiger partial charge is 0.310 e. The van der Waals surface area contributed by atoms with Gasteiger partial charge in [0.15, 0.2) is 0 Å². The molecule has 0 saturated carbocycles. The molecule has 0 unspecified atom stereocenters. The topological polar surface area (TPSA) is 8.17 Å². The van der Waals surface area contributed by atoms with Gasteiger partial charge in [-0.05, 0) is 146 Å². The predicted octanol–water partition coefficient (Wildman–Crippen LogP) is 17.0. The molecule has 1 heterocycles. The lowest BCUT2D eigenvalue weighted by Gasteiger charge is -2.28. The van der Waals surface area contributed by atoms with Crippen LogP contribution in [0.4, 0.5) is 17.1 Å². The van der Waals surface area contributed by atoms with Gasteiger partial charge in [0.05, 0.1) is 11.0 Å². The highest BCUT2D eigenvalue weighted by molar-refractivity contribution is 6.09. The van der Waals surface area contributed by atoms with Crippen molar-refractivity contribution in [3.05, 3.63) is 241 Å². The van der Waals surface area contributed by atoms with Gasteiger partial charge >= 0.3 is 0 Å². The molecule has 0 radical (unpaired) electrons. The normalized spacial score (nSPS) is 12.7. The van der Waals surface area contributed by atoms with E-state index in [0.29, 0.717) is 0 Å². The number of nitrogens with zero attached hydrogens (tertiary/aromatic N) is 2. The van der Waals surface area contributed by atoms with E-state index >= 15 is 0 Å². The molecule has 1 aliphatic carbocycles. The summed E-state index contributed by atoms with van der Waals surface area (Å²) in [5, 5.41) is 5.05. The zero-order valence-corrected chi connectivity index (χ0v) is 36.3. The van der Waals surface area contributed by atoms with Gasteiger partial charge in [-0.15, -0.1) is 0 Å². The number of rotatable bonds is 7. The van der Waals surface area contributed by atoms with E-state index in [9.17, 15) is 0 Å². The van der Waals surface area contributed by atoms with Gasteiger partial charge in [-0.25, -0.2) is 0 Å². The Balaban J connectivity index is 0.933. The fraction of sp³-hybridized carbons (Fsp3) is 0.0645. The molecular weight excluding hydrogens is 773 g/mol. The highest BCUT2D eigenvalue weighted by atomic mass is 15.1. The van der Waals surface area contributed by atoms with Crippen molar-refractivity contribution in [3.63, 3.8) is 0 Å². The smallest absolute Gasteiger partial charge is 0.0541 e. The standard InChI is InChI=1S/C62H46N2/c1-41-38-46(45-16-12-17-50(39-45)64-60-24-10-7-20-55(60)56-21-8-11-25-61(56)64)31-37-59(41)63(49-34-28-44(29-35-49)52-22-13-15-43-14-4-5-18-51(43)52)48-32-26-42(27-33-48)47-30-36-54-53-19-6-9-23-57(53)62(2,3)58(54)40-47/h4-40H,1-3H3. The van der Waals surface area contributed by atoms with Crippen molar-refractivity contribution in [3.8, 4) is 50.2 Å². The van der Waals surface area contributed by atoms with Gasteiger partial charge < -0.3 is 9.47 Å². The Morgan fingerprint density at radius 1 is 0.375 bits per heavy atom. The summed E-state index contributed by atoms with van der Waals surface area (Å²) in [5.41, 5.74) is 20.8. The van der Waals surface area contributed by atoms with E-state index in [1.54, 1.807) is 0 Å². The number of aryl methyl sites for hydroxylation is 1. The molecule has 64 heavy (non-hydrogen) atoms. The third-order valence-electron chi connectivity index (χ3n) is 13.7. The molecule has 0 amide bonds. The molecule has 12 rings (SSSR count). The van der Waals surface area contributed by atoms with E-state index in [4.69, 9.17) is 0 Å². The van der Waals surface area contributed by atoms with Crippen LogP contribution in [0.1, 0.15) is 30.5 Å². The molecule has 0 fully saturated rings. The summed E-state index contributed by atoms with van der Waals surface area (Å²) in [4.78, 5) is 2.41. The first kappa shape index (κ1) is 37.8. The fourth-order valence-electron chi connectivity index (χ4n) is 10.5. The van der Waals surface area contributed by atoms with Crippen molar-refractivity contribution in [1.29, 1.82) is 0 Å². The fourth-order valence-corrected chi connectivity index (χ4v) is 10.5. The third kappa shape index (κ3) is 6.09. The van der Waals surface area contributed by atoms with Crippen LogP contribution in [0, 0.1) is 6.92 Å². The van der Waals surface area contributed by atoms with Crippen molar-refractivity contribution in [2.45, 2.75) is 26.2 Å². The number of para-hydroxylation sites is 2. The van der Waals surface area contributed by atoms with Gasteiger partial charge in [-0.1, -0.05) is 172 Å². The highest BCUT2D eigenvalue weighted by Crippen LogP contribution is 2.50. The van der Waals surface area contributed by atoms with Gasteiger partial charge in [-0.2, -0.15) is 0 Å². The molecule has 1 aliphatic rings. The van der Waals surface area contributed by atoms with Gasteiger partial charge in [0.1, 0.15) is 0 Å². The van der Waals surface area contributed by atoms with Crippen LogP contribution < -0.4 is 4.90 Å². The van der Waals surface area contributed by atoms with Crippen molar-refractivity contribution in [1.82, 2.24) is 4.57 Å². The Bertz CT molecular complexity index is 3530. The van der Waals surface area contributed by atoms with E-state index in [-0.39, 0.29) is 5.41 Å². The first-order valence-corrected chi connectivity index (χ1v) is 22.3. The highest BCUT2D eigenvalue weighted by Gasteiger charge is 2.35. The number of benzene rings is 10. The van der Waals surface area contributed by atoms with Gasteiger partial charge in [0, 0.05) is 38.9 Å². The van der Waals surface area contributed by atoms with Crippen molar-refractivity contribution in [2.24, 2.45) is 0 Å². The van der Waals surface area contributed by atoms with Crippen molar-refractivity contribution >= 4 is 49.6 Å². The zero-order chi connectivity index (χ0) is 42.9. The number of fused-ring (bicyclic) bond motifs is 7. The second-order valence-electron chi connectivity index (χ2n) is 17.8. The molecule has 2 nitrogen and oxygen atoms in total. The second kappa shape index (κ2) is 14.9. The maximum Gasteiger partial charge on any atom is 0.0541 e. The Kier molecular flexibility index (Phi) is 8.77. The molecule has 2 heteroatoms. The maximum absolute atomic E-state index is 2.41. The molecular formula is C62H46N2. The van der Waals surface area contributed by atoms with Crippen molar-refractivity contribution in [2.75, 3.05) is 4.90 Å². The number of aromatic nitrogens is 1. The lowest BCUT2D eigenvalue weighted by Crippen LogP contribution is -2.14. The van der Waals surface area contributed by atoms with Crippen LogP contribution >= 0.6 is 0 Å². The third-order valence-corrected chi connectivity index (χ3v) is 13.7. The number of hydrogen-bond acceptors (Lipinski definition) is 1. The average molecular weight is 819 g/mol. The zero-order valence-electron chi connectivity index (χ0n) is 36.3. The Hall–Kier alpha value is -7.94. The van der Waals surface area contributed by atoms with E-state index in [2.05, 4.69) is 255 Å². The molecule has 0 aliphatic heterocycles. The minimum Gasteiger partial charge on any atom is -0.310 e. The van der Waals surface area contributed by atoms with E-state index < -0.39 is 0 Å². The number of anilines is 3. The maximum atomic E-state index is 2.41. The molecule has 0 saturated heterocycles. The first-order chi connectivity index (χ1) is 31.4. The Morgan fingerprint density at radius 3 is 1.64 bits per heavy atom. The molecule has 304 valence electrons. The van der Waals surface area contributed by atoms with Gasteiger partial charge in [0.2, 0.25) is 0 Å². The van der Waals surface area contributed by atoms with Crippen LogP contribution in [-0.2, 0) is 5.41 Å². The van der Waals surface area contributed by atoms with E-state index in [1.807, 2.05) is 0 Å². The predicted molar refractivity (Wildman–Crippen MR) is 272 cm³/mol. The molecule has 11 aromatic rings. The lowest BCUT2D eigenvalue weighted by molar-refractivity contribution is 0.660. The summed E-state index contributed by atoms with van der Waals surface area (Å²) in [6.45, 7) is 6.94. The molecule has 0 spiro atoms. The quantitative estimate of drug-likeness (QED) is 0.156. The summed E-state index contributed by atoms with van der Waals surface area (Å²) in [7, 11) is 0. The first-order valence-electron chi connectivity index (χ1n) is 22.3. The second-order valence-corrected chi connectivity index (χ2v) is 17.8. The molecule has 0 atom stereocenters. The molecule has 10 aromatic carbocycles. The lowest BCUT2D eigenvalue weighted by atomic mass is 9.81. The summed E-state index contributed by atoms with van der Waals surface area (Å²) in [5.74, 6) is 0. The van der Waals surface area contributed by atoms with Crippen LogP contribution in [0.2, 0.25) is 0 Å². The van der Waals surface area contributed by atoms with Crippen LogP contribution in [-0.4, -0.2) is 4.57 Å². The average Bonchev–Trinajstić information content (AvgIpc) is 3.80. The van der Waals surface area contributed by atoms with Crippen LogP contribution in [0.5, 0.6) is 0 Å². The summed E-state index contributed by atoms with van der Waals surface area (Å²) >= 11 is 0. The Morgan fingerprint density at radius 2 is 0.906 bits per heavy atom. The molecule has 1 aromatic heterocycles. The van der Waals surface area contributed by atoms with E-state index in [0.717, 1.165) is 22.7 Å². The van der Waals surface area contributed by atoms with Gasteiger partial charge in [-0.3, -0.25) is 0 Å². The minimum atomic E-state index is -0.0487. The Labute approximate surface area is 375 Å². The van der Waals surface area contributed by atoms with E-state index in [1.165, 1.54) is 93.8 Å². The van der Waals surface area contributed by atoms with Crippen molar-refractivity contribution < 1.29 is 0 Å². The van der Waals surface area contributed by atoms with Crippen LogP contribution in [0.25, 0.3) is 82.8 Å². The molecule has 0 bridgehead atoms. The summed E-state index contributed by atoms with van der Waals surface area (Å²) in [6.07, 6.45) is 0. The van der Waals surface area contributed by atoms with Crippen LogP contribution in [0.15, 0.2) is 224 Å². The monoisotopic (exact) mass is 818 g/mol. The van der Waals surface area contributed by atoms with Crippen LogP contribution in [0.3, 0.4) is 0 Å². The summed E-state index contributed by atoms with van der Waals surface area (Å²) in [6, 6.07) is 82.6. The minimum absolute atomic E-state index is 0.0487. The number of hydrogen-bond donors (Lipinski definition) is 0. The SMILES string of the molecule is Cc1cc(-c2cccc(-n3c4ccccc4c4ccccc43)c2)ccc1N(c1ccc(-c2ccc3c(c2)C(C)(C)c2ccccc2-3)cc1)c1ccc(-c2cccc3ccccc23)cc1. The van der Waals surface area contributed by atoms with Gasteiger partial charge in [0.25, 0.3) is 0 Å². The summed E-state index contributed by atoms with van der Waals surface area (Å²) < 4.78 is 2.39. The molecule has 0 N–H and O–H groups in total.